The van der Waals surface area contributed by atoms with Crippen LogP contribution >= 0.6 is 0 Å². The van der Waals surface area contributed by atoms with Crippen LogP contribution in [-0.2, 0) is 19.5 Å². The Morgan fingerprint density at radius 3 is 2.60 bits per heavy atom. The average molecular weight is 472 g/mol. The third-order valence-electron chi connectivity index (χ3n) is 6.18. The second kappa shape index (κ2) is 8.20. The van der Waals surface area contributed by atoms with Crippen molar-refractivity contribution in [2.45, 2.75) is 19.5 Å². The number of fused-ring (bicyclic) bond motifs is 2. The number of aromatic nitrogens is 2. The zero-order chi connectivity index (χ0) is 24.9. The number of hydrogen-bond donors (Lipinski definition) is 4. The largest absolute Gasteiger partial charge is 0.394 e. The lowest BCUT2D eigenvalue weighted by atomic mass is 9.96. The molecule has 2 amide bonds. The van der Waals surface area contributed by atoms with Crippen LogP contribution in [0.4, 0.5) is 11.4 Å². The topological polar surface area (TPSA) is 181 Å². The van der Waals surface area contributed by atoms with Gasteiger partial charge in [-0.25, -0.2) is 4.98 Å². The summed E-state index contributed by atoms with van der Waals surface area (Å²) in [6, 6.07) is 10.0. The van der Waals surface area contributed by atoms with Crippen molar-refractivity contribution in [3.05, 3.63) is 95.3 Å². The van der Waals surface area contributed by atoms with Crippen LogP contribution < -0.4 is 38.1 Å². The van der Waals surface area contributed by atoms with Crippen molar-refractivity contribution < 1.29 is 9.59 Å². The van der Waals surface area contributed by atoms with Crippen molar-refractivity contribution >= 4 is 34.1 Å². The Hall–Kier alpha value is -4.80. The van der Waals surface area contributed by atoms with E-state index in [1.807, 2.05) is 18.2 Å². The third-order valence-corrected chi connectivity index (χ3v) is 6.18. The molecule has 2 heterocycles. The monoisotopic (exact) mass is 472 g/mol. The summed E-state index contributed by atoms with van der Waals surface area (Å²) >= 11 is 0. The summed E-state index contributed by atoms with van der Waals surface area (Å²) in [7, 11) is 0. The minimum absolute atomic E-state index is 0.00426. The molecule has 0 radical (unpaired) electrons. The average Bonchev–Trinajstić information content (AvgIpc) is 2.86. The lowest BCUT2D eigenvalue weighted by Gasteiger charge is -2.32. The first-order chi connectivity index (χ1) is 16.7. The molecule has 0 spiro atoms. The summed E-state index contributed by atoms with van der Waals surface area (Å²) in [4.78, 5) is 68.2. The number of nitrogens with two attached hydrogens (primary N) is 2. The molecule has 1 aliphatic rings. The van der Waals surface area contributed by atoms with E-state index < -0.39 is 28.2 Å². The van der Waals surface area contributed by atoms with E-state index in [1.165, 1.54) is 18.2 Å². The number of amides is 2. The number of aromatic amines is 1. The molecule has 3 aromatic carbocycles. The molecular weight excluding hydrogens is 452 g/mol. The number of nitrogens with zero attached hydrogens (tertiary/aromatic N) is 2. The Labute approximate surface area is 197 Å². The highest BCUT2D eigenvalue weighted by molar-refractivity contribution is 5.97. The predicted molar refractivity (Wildman–Crippen MR) is 129 cm³/mol. The van der Waals surface area contributed by atoms with Gasteiger partial charge in [0.2, 0.25) is 5.91 Å². The molecule has 1 aromatic heterocycles. The maximum atomic E-state index is 12.7. The molecule has 4 aromatic rings. The molecule has 0 bridgehead atoms. The molecule has 5 rings (SSSR count). The Morgan fingerprint density at radius 2 is 1.86 bits per heavy atom. The number of carbonyl (C=O) groups is 2. The van der Waals surface area contributed by atoms with Crippen molar-refractivity contribution in [3.63, 3.8) is 0 Å². The first-order valence-electron chi connectivity index (χ1n) is 10.8. The van der Waals surface area contributed by atoms with E-state index in [4.69, 9.17) is 11.5 Å². The number of rotatable bonds is 5. The zero-order valence-electron chi connectivity index (χ0n) is 18.4. The molecule has 6 N–H and O–H groups in total. The normalized spacial score (nSPS) is 13.1. The van der Waals surface area contributed by atoms with E-state index in [2.05, 4.69) is 15.3 Å². The van der Waals surface area contributed by atoms with Gasteiger partial charge in [0.15, 0.2) is 5.82 Å². The number of nitrogen functional groups attached to an aromatic ring is 1. The second-order valence-electron chi connectivity index (χ2n) is 8.39. The van der Waals surface area contributed by atoms with Crippen molar-refractivity contribution in [2.75, 3.05) is 17.2 Å². The summed E-state index contributed by atoms with van der Waals surface area (Å²) < 4.78 is 0. The fraction of sp³-hybridized carbons (Fsp3) is 0.167. The standard InChI is InChI=1S/C24H20N6O5/c25-17-18(20(32)19(17)31)30-6-5-12-2-1-11(7-14(12)10-30)9-27-24(35)22-28-16-4-3-13(21(26)33)8-15(16)23(34)29-22/h1-4,7-8H,5-6,9-10,25H2,(H2,26,33)(H,27,35)(H,28,29,34). The van der Waals surface area contributed by atoms with Crippen molar-refractivity contribution in [2.24, 2.45) is 5.73 Å². The second-order valence-corrected chi connectivity index (χ2v) is 8.39. The van der Waals surface area contributed by atoms with Crippen molar-refractivity contribution in [1.29, 1.82) is 0 Å². The molecule has 0 saturated carbocycles. The van der Waals surface area contributed by atoms with E-state index in [0.717, 1.165) is 16.7 Å². The Balaban J connectivity index is 1.31. The maximum Gasteiger partial charge on any atom is 0.287 e. The van der Waals surface area contributed by atoms with Crippen molar-refractivity contribution in [3.8, 4) is 0 Å². The first-order valence-corrected chi connectivity index (χ1v) is 10.8. The van der Waals surface area contributed by atoms with Crippen LogP contribution in [0.2, 0.25) is 0 Å². The Bertz CT molecular complexity index is 1660. The van der Waals surface area contributed by atoms with Crippen LogP contribution in [0.15, 0.2) is 50.8 Å². The smallest absolute Gasteiger partial charge is 0.287 e. The SMILES string of the molecule is NC(=O)c1ccc2nc(C(=O)NCc3ccc4c(c3)CN(c3c(N)c(=O)c3=O)CC4)[nH]c(=O)c2c1. The molecule has 0 aliphatic carbocycles. The van der Waals surface area contributed by atoms with Gasteiger partial charge < -0.3 is 26.7 Å². The van der Waals surface area contributed by atoms with Crippen LogP contribution in [0.25, 0.3) is 10.9 Å². The number of hydrogen-bond acceptors (Lipinski definition) is 8. The van der Waals surface area contributed by atoms with E-state index in [0.29, 0.717) is 19.5 Å². The Morgan fingerprint density at radius 1 is 1.06 bits per heavy atom. The van der Waals surface area contributed by atoms with Gasteiger partial charge in [-0.15, -0.1) is 0 Å². The zero-order valence-corrected chi connectivity index (χ0v) is 18.4. The minimum Gasteiger partial charge on any atom is -0.394 e. The summed E-state index contributed by atoms with van der Waals surface area (Å²) in [6.07, 6.45) is 0.694. The molecule has 0 fully saturated rings. The van der Waals surface area contributed by atoms with Gasteiger partial charge in [-0.1, -0.05) is 18.2 Å². The predicted octanol–water partition coefficient (Wildman–Crippen LogP) is -0.307. The lowest BCUT2D eigenvalue weighted by molar-refractivity contribution is 0.0939. The summed E-state index contributed by atoms with van der Waals surface area (Å²) in [6.45, 7) is 1.19. The van der Waals surface area contributed by atoms with Crippen LogP contribution in [0, 0.1) is 0 Å². The van der Waals surface area contributed by atoms with E-state index in [1.54, 1.807) is 4.90 Å². The van der Waals surface area contributed by atoms with Gasteiger partial charge >= 0.3 is 0 Å². The molecule has 0 atom stereocenters. The number of nitrogens with one attached hydrogen (secondary N) is 2. The van der Waals surface area contributed by atoms with Crippen LogP contribution in [0.5, 0.6) is 0 Å². The van der Waals surface area contributed by atoms with Gasteiger partial charge in [-0.05, 0) is 41.3 Å². The number of benzene rings is 2. The highest BCUT2D eigenvalue weighted by atomic mass is 16.2. The number of primary amides is 1. The Kier molecular flexibility index (Phi) is 5.16. The first kappa shape index (κ1) is 22.0. The number of H-pyrrole nitrogens is 1. The van der Waals surface area contributed by atoms with Gasteiger partial charge in [0, 0.05) is 25.2 Å². The van der Waals surface area contributed by atoms with E-state index >= 15 is 0 Å². The van der Waals surface area contributed by atoms with Gasteiger partial charge in [0.1, 0.15) is 11.4 Å². The van der Waals surface area contributed by atoms with Crippen LogP contribution in [0.3, 0.4) is 0 Å². The third kappa shape index (κ3) is 3.82. The fourth-order valence-corrected chi connectivity index (χ4v) is 4.29. The van der Waals surface area contributed by atoms with Gasteiger partial charge in [-0.3, -0.25) is 24.0 Å². The molecule has 0 saturated heterocycles. The van der Waals surface area contributed by atoms with Crippen LogP contribution in [0.1, 0.15) is 37.7 Å². The molecule has 176 valence electrons. The molecule has 35 heavy (non-hydrogen) atoms. The lowest BCUT2D eigenvalue weighted by Crippen LogP contribution is -2.44. The van der Waals surface area contributed by atoms with Crippen LogP contribution in [-0.4, -0.2) is 28.3 Å². The van der Waals surface area contributed by atoms with E-state index in [-0.39, 0.29) is 40.2 Å². The highest BCUT2D eigenvalue weighted by Crippen LogP contribution is 2.26. The molecular formula is C24H20N6O5. The number of anilines is 2. The molecule has 0 unspecified atom stereocenters. The summed E-state index contributed by atoms with van der Waals surface area (Å²) in [5.41, 5.74) is 12.8. The maximum absolute atomic E-state index is 12.7. The van der Waals surface area contributed by atoms with Crippen molar-refractivity contribution in [1.82, 2.24) is 15.3 Å². The van der Waals surface area contributed by atoms with Gasteiger partial charge in [0.05, 0.1) is 10.9 Å². The quantitative estimate of drug-likeness (QED) is 0.285. The van der Waals surface area contributed by atoms with E-state index in [9.17, 15) is 24.0 Å². The van der Waals surface area contributed by atoms with Gasteiger partial charge in [0.25, 0.3) is 22.3 Å². The highest BCUT2D eigenvalue weighted by Gasteiger charge is 2.26. The number of carbonyl (C=O) groups excluding carboxylic acids is 2. The molecule has 11 nitrogen and oxygen atoms in total. The van der Waals surface area contributed by atoms with Gasteiger partial charge in [-0.2, -0.15) is 0 Å². The minimum atomic E-state index is -0.672. The molecule has 11 heteroatoms. The fourth-order valence-electron chi connectivity index (χ4n) is 4.29. The summed E-state index contributed by atoms with van der Waals surface area (Å²) in [5, 5.41) is 2.88. The summed E-state index contributed by atoms with van der Waals surface area (Å²) in [5.74, 6) is -1.40. The molecule has 1 aliphatic heterocycles.